The van der Waals surface area contributed by atoms with Gasteiger partial charge in [0.25, 0.3) is 0 Å². The zero-order valence-corrected chi connectivity index (χ0v) is 22.9. The van der Waals surface area contributed by atoms with Crippen molar-refractivity contribution < 1.29 is 24.2 Å². The molecule has 2 atom stereocenters. The summed E-state index contributed by atoms with van der Waals surface area (Å²) in [4.78, 5) is 37.2. The highest BCUT2D eigenvalue weighted by Crippen LogP contribution is 2.41. The molecular weight excluding hydrogens is 520 g/mol. The normalized spacial score (nSPS) is 22.4. The number of benzene rings is 1. The van der Waals surface area contributed by atoms with Crippen LogP contribution in [0.25, 0.3) is 21.3 Å². The van der Waals surface area contributed by atoms with Gasteiger partial charge in [0.05, 0.1) is 29.5 Å². The second-order valence-electron chi connectivity index (χ2n) is 10.0. The number of aliphatic hydroxyl groups is 1. The number of carbonyl (C=O) groups excluding carboxylic acids is 2. The summed E-state index contributed by atoms with van der Waals surface area (Å²) in [6, 6.07) is 4.09. The topological polar surface area (TPSA) is 148 Å². The number of rotatable bonds is 11. The van der Waals surface area contributed by atoms with E-state index in [1.54, 1.807) is 19.5 Å². The molecule has 0 spiro atoms. The molecule has 5 rings (SSSR count). The molecule has 2 saturated carbocycles. The zero-order valence-electron chi connectivity index (χ0n) is 22.1. The van der Waals surface area contributed by atoms with Gasteiger partial charge in [-0.05, 0) is 44.2 Å². The van der Waals surface area contributed by atoms with Crippen LogP contribution < -0.4 is 20.7 Å². The summed E-state index contributed by atoms with van der Waals surface area (Å²) < 4.78 is 12.4. The zero-order chi connectivity index (χ0) is 27.4. The molecule has 0 saturated heterocycles. The smallest absolute Gasteiger partial charge is 0.229 e. The van der Waals surface area contributed by atoms with E-state index < -0.39 is 6.10 Å². The molecule has 1 aromatic carbocycles. The number of hydrogen-bond donors (Lipinski definition) is 4. The summed E-state index contributed by atoms with van der Waals surface area (Å²) in [6.07, 6.45) is 7.02. The van der Waals surface area contributed by atoms with Crippen LogP contribution in [0.1, 0.15) is 44.9 Å². The van der Waals surface area contributed by atoms with Gasteiger partial charge in [0.15, 0.2) is 11.0 Å². The Morgan fingerprint density at radius 1 is 1.15 bits per heavy atom. The third-order valence-electron chi connectivity index (χ3n) is 7.25. The van der Waals surface area contributed by atoms with Crippen LogP contribution in [0.3, 0.4) is 0 Å². The molecule has 11 nitrogen and oxygen atoms in total. The first-order valence-electron chi connectivity index (χ1n) is 13.3. The van der Waals surface area contributed by atoms with Crippen LogP contribution in [0.5, 0.6) is 5.75 Å². The van der Waals surface area contributed by atoms with Crippen molar-refractivity contribution in [3.05, 3.63) is 30.4 Å². The number of thiazole rings is 1. The lowest BCUT2D eigenvalue weighted by molar-refractivity contribution is -0.123. The minimum atomic E-state index is -0.413. The Morgan fingerprint density at radius 3 is 2.64 bits per heavy atom. The maximum atomic E-state index is 12.8. The van der Waals surface area contributed by atoms with Crippen molar-refractivity contribution >= 4 is 38.5 Å². The second-order valence-corrected chi connectivity index (χ2v) is 11.0. The van der Waals surface area contributed by atoms with Gasteiger partial charge >= 0.3 is 0 Å². The highest BCUT2D eigenvalue weighted by atomic mass is 32.1. The van der Waals surface area contributed by atoms with Gasteiger partial charge in [-0.15, -0.1) is 0 Å². The molecule has 2 aliphatic rings. The van der Waals surface area contributed by atoms with Crippen LogP contribution in [0, 0.1) is 5.92 Å². The van der Waals surface area contributed by atoms with Crippen LogP contribution in [-0.2, 0) is 20.9 Å². The van der Waals surface area contributed by atoms with Crippen molar-refractivity contribution in [3.63, 3.8) is 0 Å². The molecular formula is C27H34N6O5S. The van der Waals surface area contributed by atoms with E-state index >= 15 is 0 Å². The Hall–Kier alpha value is -3.19. The molecule has 2 fully saturated rings. The van der Waals surface area contributed by atoms with E-state index in [0.717, 1.165) is 53.4 Å². The number of aliphatic hydroxyl groups excluding tert-OH is 1. The van der Waals surface area contributed by atoms with E-state index in [2.05, 4.69) is 30.9 Å². The fraction of sp³-hybridized carbons (Fsp3) is 0.519. The first kappa shape index (κ1) is 27.4. The first-order chi connectivity index (χ1) is 18.9. The minimum absolute atomic E-state index is 0.0375. The Bertz CT molecular complexity index is 1310. The van der Waals surface area contributed by atoms with Crippen molar-refractivity contribution in [2.75, 3.05) is 25.5 Å². The number of nitrogens with zero attached hydrogens (tertiary/aromatic N) is 3. The molecule has 2 amide bonds. The van der Waals surface area contributed by atoms with Crippen molar-refractivity contribution in [2.24, 2.45) is 5.92 Å². The van der Waals surface area contributed by atoms with Crippen LogP contribution >= 0.6 is 11.3 Å². The van der Waals surface area contributed by atoms with Crippen LogP contribution in [-0.4, -0.2) is 70.3 Å². The molecule has 3 aromatic rings. The van der Waals surface area contributed by atoms with Gasteiger partial charge in [-0.2, -0.15) is 0 Å². The monoisotopic (exact) mass is 554 g/mol. The van der Waals surface area contributed by atoms with Gasteiger partial charge in [-0.25, -0.2) is 15.0 Å². The molecule has 2 aliphatic carbocycles. The molecule has 208 valence electrons. The van der Waals surface area contributed by atoms with Crippen molar-refractivity contribution in [1.29, 1.82) is 0 Å². The summed E-state index contributed by atoms with van der Waals surface area (Å²) in [5.74, 6) is 1.06. The molecule has 0 bridgehead atoms. The number of aromatic nitrogens is 3. The molecule has 2 heterocycles. The number of anilines is 1. The second kappa shape index (κ2) is 12.3. The van der Waals surface area contributed by atoms with Gasteiger partial charge in [-0.3, -0.25) is 9.59 Å². The van der Waals surface area contributed by atoms with Gasteiger partial charge in [0, 0.05) is 55.5 Å². The molecule has 0 aliphatic heterocycles. The lowest BCUT2D eigenvalue weighted by Gasteiger charge is -2.34. The molecule has 12 heteroatoms. The minimum Gasteiger partial charge on any atom is -0.495 e. The third kappa shape index (κ3) is 6.52. The Labute approximate surface area is 230 Å². The lowest BCUT2D eigenvalue weighted by Crippen LogP contribution is -2.47. The van der Waals surface area contributed by atoms with Crippen LogP contribution in [0.2, 0.25) is 0 Å². The standard InChI is InChI=1S/C27H34N6O5S/c1-15(34)28-8-9-29-18-10-16(11-18)26(36)33-27-32-20-7-6-19(24(37-2)25(20)39-27)17-12-30-23(31-13-17)14-38-22-5-3-4-21(22)35/h6-7,12-13,16,18,21-22,29,35H,3-5,8-11,14H2,1-2H3,(H,28,34)(H,32,33,36)/t16?,18?,21-,22-/m0/s1. The number of amides is 2. The van der Waals surface area contributed by atoms with Crippen LogP contribution in [0.15, 0.2) is 24.5 Å². The van der Waals surface area contributed by atoms with E-state index in [9.17, 15) is 14.7 Å². The first-order valence-corrected chi connectivity index (χ1v) is 14.1. The maximum absolute atomic E-state index is 12.8. The Morgan fingerprint density at radius 2 is 1.95 bits per heavy atom. The molecule has 2 aromatic heterocycles. The molecule has 39 heavy (non-hydrogen) atoms. The maximum Gasteiger partial charge on any atom is 0.229 e. The number of carbonyl (C=O) groups is 2. The predicted molar refractivity (Wildman–Crippen MR) is 147 cm³/mol. The van der Waals surface area contributed by atoms with Crippen molar-refractivity contribution in [2.45, 2.75) is 63.9 Å². The SMILES string of the molecule is COc1c(-c2cnc(CO[C@H]3CCC[C@@H]3O)nc2)ccc2nc(NC(=O)C3CC(NCCNC(C)=O)C3)sc12. The number of hydrogen-bond acceptors (Lipinski definition) is 10. The molecule has 0 radical (unpaired) electrons. The van der Waals surface area contributed by atoms with E-state index in [-0.39, 0.29) is 36.5 Å². The number of methoxy groups -OCH3 is 1. The Balaban J connectivity index is 1.19. The van der Waals surface area contributed by atoms with Crippen molar-refractivity contribution in [3.8, 4) is 16.9 Å². The average Bonchev–Trinajstić information content (AvgIpc) is 3.50. The van der Waals surface area contributed by atoms with E-state index in [1.165, 1.54) is 18.3 Å². The van der Waals surface area contributed by atoms with Gasteiger partial charge < -0.3 is 30.5 Å². The van der Waals surface area contributed by atoms with E-state index in [0.29, 0.717) is 29.8 Å². The van der Waals surface area contributed by atoms with Crippen LogP contribution in [0.4, 0.5) is 5.13 Å². The van der Waals surface area contributed by atoms with E-state index in [4.69, 9.17) is 9.47 Å². The summed E-state index contributed by atoms with van der Waals surface area (Å²) in [7, 11) is 1.61. The quantitative estimate of drug-likeness (QED) is 0.263. The Kier molecular flexibility index (Phi) is 8.66. The van der Waals surface area contributed by atoms with E-state index in [1.807, 2.05) is 12.1 Å². The number of fused-ring (bicyclic) bond motifs is 1. The number of ether oxygens (including phenoxy) is 2. The summed E-state index contributed by atoms with van der Waals surface area (Å²) in [5, 5.41) is 19.5. The van der Waals surface area contributed by atoms with Gasteiger partial charge in [0.1, 0.15) is 12.4 Å². The highest BCUT2D eigenvalue weighted by molar-refractivity contribution is 7.22. The predicted octanol–water partition coefficient (Wildman–Crippen LogP) is 2.63. The fourth-order valence-corrected chi connectivity index (χ4v) is 6.02. The average molecular weight is 555 g/mol. The lowest BCUT2D eigenvalue weighted by atomic mass is 9.79. The fourth-order valence-electron chi connectivity index (χ4n) is 5.02. The summed E-state index contributed by atoms with van der Waals surface area (Å²) in [5.41, 5.74) is 2.37. The molecule has 4 N–H and O–H groups in total. The third-order valence-corrected chi connectivity index (χ3v) is 8.23. The van der Waals surface area contributed by atoms with Crippen molar-refractivity contribution in [1.82, 2.24) is 25.6 Å². The van der Waals surface area contributed by atoms with Gasteiger partial charge in [-0.1, -0.05) is 11.3 Å². The van der Waals surface area contributed by atoms with Gasteiger partial charge in [0.2, 0.25) is 11.8 Å². The largest absolute Gasteiger partial charge is 0.495 e. The molecule has 0 unspecified atom stereocenters. The summed E-state index contributed by atoms with van der Waals surface area (Å²) >= 11 is 1.38. The summed E-state index contributed by atoms with van der Waals surface area (Å²) in [6.45, 7) is 3.01. The number of nitrogens with one attached hydrogen (secondary N) is 3. The highest BCUT2D eigenvalue weighted by Gasteiger charge is 2.34.